The molecule has 0 radical (unpaired) electrons. The van der Waals surface area contributed by atoms with Gasteiger partial charge in [-0.2, -0.15) is 5.10 Å². The Morgan fingerprint density at radius 2 is 2.14 bits per heavy atom. The molecule has 4 heteroatoms. The van der Waals surface area contributed by atoms with Gasteiger partial charge in [-0.1, -0.05) is 27.7 Å². The van der Waals surface area contributed by atoms with Gasteiger partial charge in [0.1, 0.15) is 0 Å². The van der Waals surface area contributed by atoms with Gasteiger partial charge in [-0.25, -0.2) is 0 Å². The zero-order valence-electron chi connectivity index (χ0n) is 14.2. The smallest absolute Gasteiger partial charge is 0.0625 e. The summed E-state index contributed by atoms with van der Waals surface area (Å²) in [5, 5.41) is 8.75. The van der Waals surface area contributed by atoms with Crippen LogP contribution in [0.25, 0.3) is 0 Å². The lowest BCUT2D eigenvalue weighted by Crippen LogP contribution is -2.45. The lowest BCUT2D eigenvalue weighted by molar-refractivity contribution is 0.165. The molecule has 2 rings (SSSR count). The molecular formula is C17H31N3S. The van der Waals surface area contributed by atoms with Crippen LogP contribution in [0.5, 0.6) is 0 Å². The Morgan fingerprint density at radius 3 is 2.71 bits per heavy atom. The summed E-state index contributed by atoms with van der Waals surface area (Å²) in [6.45, 7) is 10.6. The van der Waals surface area contributed by atoms with Gasteiger partial charge in [-0.15, -0.1) is 11.8 Å². The lowest BCUT2D eigenvalue weighted by Gasteiger charge is -2.41. The first-order valence-electron chi connectivity index (χ1n) is 8.29. The van der Waals surface area contributed by atoms with Gasteiger partial charge in [-0.05, 0) is 43.6 Å². The molecule has 1 N–H and O–H groups in total. The molecule has 120 valence electrons. The Labute approximate surface area is 134 Å². The van der Waals surface area contributed by atoms with Crippen molar-refractivity contribution in [3.8, 4) is 0 Å². The third-order valence-corrected chi connectivity index (χ3v) is 5.95. The standard InChI is InChI=1S/C17H31N3S/c1-6-9-18-15-8-7-13(17(2,3)4)10-16(15)21-14-11-19-20(5)12-14/h11-13,15-16,18H,6-10H2,1-5H3. The van der Waals surface area contributed by atoms with Crippen LogP contribution in [0, 0.1) is 11.3 Å². The Hall–Kier alpha value is -0.480. The second-order valence-corrected chi connectivity index (χ2v) is 8.76. The summed E-state index contributed by atoms with van der Waals surface area (Å²) in [6, 6.07) is 0.647. The first-order valence-corrected chi connectivity index (χ1v) is 9.16. The molecule has 1 saturated carbocycles. The first-order chi connectivity index (χ1) is 9.90. The molecule has 1 heterocycles. The van der Waals surface area contributed by atoms with E-state index in [0.717, 1.165) is 12.5 Å². The van der Waals surface area contributed by atoms with Crippen molar-refractivity contribution in [1.82, 2.24) is 15.1 Å². The van der Waals surface area contributed by atoms with Crippen molar-refractivity contribution >= 4 is 11.8 Å². The molecule has 3 atom stereocenters. The van der Waals surface area contributed by atoms with Crippen LogP contribution in [-0.4, -0.2) is 27.6 Å². The number of aromatic nitrogens is 2. The average Bonchev–Trinajstić information content (AvgIpc) is 2.81. The topological polar surface area (TPSA) is 29.9 Å². The molecular weight excluding hydrogens is 278 g/mol. The minimum Gasteiger partial charge on any atom is -0.313 e. The van der Waals surface area contributed by atoms with Crippen LogP contribution in [0.2, 0.25) is 0 Å². The van der Waals surface area contributed by atoms with E-state index in [1.807, 2.05) is 29.7 Å². The van der Waals surface area contributed by atoms with Crippen LogP contribution in [0.3, 0.4) is 0 Å². The molecule has 0 saturated heterocycles. The van der Waals surface area contributed by atoms with Gasteiger partial charge in [0.25, 0.3) is 0 Å². The molecule has 0 spiro atoms. The number of hydrogen-bond acceptors (Lipinski definition) is 3. The maximum atomic E-state index is 4.31. The van der Waals surface area contributed by atoms with E-state index >= 15 is 0 Å². The fourth-order valence-electron chi connectivity index (χ4n) is 3.24. The Balaban J connectivity index is 2.05. The molecule has 21 heavy (non-hydrogen) atoms. The van der Waals surface area contributed by atoms with Gasteiger partial charge in [0.2, 0.25) is 0 Å². The highest BCUT2D eigenvalue weighted by atomic mass is 32.2. The number of aryl methyl sites for hydroxylation is 1. The Bertz CT molecular complexity index is 435. The minimum absolute atomic E-state index is 0.420. The van der Waals surface area contributed by atoms with Crippen LogP contribution in [-0.2, 0) is 7.05 Å². The zero-order chi connectivity index (χ0) is 15.5. The predicted molar refractivity (Wildman–Crippen MR) is 91.7 cm³/mol. The van der Waals surface area contributed by atoms with Gasteiger partial charge in [0.05, 0.1) is 6.20 Å². The molecule has 0 bridgehead atoms. The van der Waals surface area contributed by atoms with Crippen LogP contribution in [0.15, 0.2) is 17.3 Å². The number of hydrogen-bond donors (Lipinski definition) is 1. The molecule has 3 nitrogen and oxygen atoms in total. The fourth-order valence-corrected chi connectivity index (χ4v) is 4.64. The molecule has 1 aliphatic carbocycles. The van der Waals surface area contributed by atoms with Crippen LogP contribution in [0.4, 0.5) is 0 Å². The maximum Gasteiger partial charge on any atom is 0.0625 e. The van der Waals surface area contributed by atoms with Crippen molar-refractivity contribution in [3.05, 3.63) is 12.4 Å². The molecule has 1 aliphatic rings. The predicted octanol–water partition coefficient (Wildman–Crippen LogP) is 4.10. The number of nitrogens with one attached hydrogen (secondary N) is 1. The second-order valence-electron chi connectivity index (χ2n) is 7.44. The summed E-state index contributed by atoms with van der Waals surface area (Å²) in [4.78, 5) is 1.31. The molecule has 0 amide bonds. The summed E-state index contributed by atoms with van der Waals surface area (Å²) < 4.78 is 1.90. The molecule has 0 aromatic carbocycles. The van der Waals surface area contributed by atoms with E-state index in [9.17, 15) is 0 Å². The average molecular weight is 310 g/mol. The van der Waals surface area contributed by atoms with E-state index in [2.05, 4.69) is 44.3 Å². The molecule has 1 fully saturated rings. The normalized spacial score (nSPS) is 27.0. The first kappa shape index (κ1) is 16.9. The van der Waals surface area contributed by atoms with Gasteiger partial charge in [-0.3, -0.25) is 4.68 Å². The van der Waals surface area contributed by atoms with Crippen molar-refractivity contribution in [2.24, 2.45) is 18.4 Å². The molecule has 1 aromatic heterocycles. The molecule has 0 aliphatic heterocycles. The summed E-state index contributed by atoms with van der Waals surface area (Å²) in [5.41, 5.74) is 0.420. The zero-order valence-corrected chi connectivity index (χ0v) is 15.0. The SMILES string of the molecule is CCCNC1CCC(C(C)(C)C)CC1Sc1cnn(C)c1. The summed E-state index contributed by atoms with van der Waals surface area (Å²) in [6.07, 6.45) is 9.33. The van der Waals surface area contributed by atoms with Gasteiger partial charge < -0.3 is 5.32 Å². The highest BCUT2D eigenvalue weighted by Gasteiger charge is 2.36. The Morgan fingerprint density at radius 1 is 1.38 bits per heavy atom. The third kappa shape index (κ3) is 4.75. The number of nitrogens with zero attached hydrogens (tertiary/aromatic N) is 2. The van der Waals surface area contributed by atoms with Crippen molar-refractivity contribution in [1.29, 1.82) is 0 Å². The van der Waals surface area contributed by atoms with Crippen LogP contribution in [0.1, 0.15) is 53.4 Å². The highest BCUT2D eigenvalue weighted by molar-refractivity contribution is 8.00. The van der Waals surface area contributed by atoms with Crippen LogP contribution < -0.4 is 5.32 Å². The lowest BCUT2D eigenvalue weighted by atomic mass is 9.71. The highest BCUT2D eigenvalue weighted by Crippen LogP contribution is 2.43. The maximum absolute atomic E-state index is 4.31. The van der Waals surface area contributed by atoms with Crippen molar-refractivity contribution in [2.75, 3.05) is 6.54 Å². The van der Waals surface area contributed by atoms with Gasteiger partial charge in [0, 0.05) is 29.4 Å². The number of rotatable bonds is 5. The van der Waals surface area contributed by atoms with Crippen molar-refractivity contribution in [3.63, 3.8) is 0 Å². The quantitative estimate of drug-likeness (QED) is 0.888. The largest absolute Gasteiger partial charge is 0.313 e. The minimum atomic E-state index is 0.420. The fraction of sp³-hybridized carbons (Fsp3) is 0.824. The van der Waals surface area contributed by atoms with Crippen molar-refractivity contribution < 1.29 is 0 Å². The van der Waals surface area contributed by atoms with E-state index in [-0.39, 0.29) is 0 Å². The van der Waals surface area contributed by atoms with E-state index in [1.54, 1.807) is 0 Å². The van der Waals surface area contributed by atoms with E-state index in [4.69, 9.17) is 0 Å². The summed E-state index contributed by atoms with van der Waals surface area (Å²) >= 11 is 2.02. The van der Waals surface area contributed by atoms with E-state index in [1.165, 1.54) is 30.6 Å². The molecule has 1 aromatic rings. The summed E-state index contributed by atoms with van der Waals surface area (Å²) in [5.74, 6) is 0.825. The van der Waals surface area contributed by atoms with Gasteiger partial charge >= 0.3 is 0 Å². The third-order valence-electron chi connectivity index (χ3n) is 4.64. The van der Waals surface area contributed by atoms with Crippen LogP contribution >= 0.6 is 11.8 Å². The Kier molecular flexibility index (Phi) is 5.78. The second kappa shape index (κ2) is 7.19. The molecule has 3 unspecified atom stereocenters. The summed E-state index contributed by atoms with van der Waals surface area (Å²) in [7, 11) is 2.00. The van der Waals surface area contributed by atoms with E-state index in [0.29, 0.717) is 16.7 Å². The monoisotopic (exact) mass is 309 g/mol. The van der Waals surface area contributed by atoms with Crippen molar-refractivity contribution in [2.45, 2.75) is 69.6 Å². The van der Waals surface area contributed by atoms with E-state index < -0.39 is 0 Å². The number of thioether (sulfide) groups is 1. The van der Waals surface area contributed by atoms with Gasteiger partial charge in [0.15, 0.2) is 0 Å².